The second-order valence-electron chi connectivity index (χ2n) is 3.21. The molecule has 3 nitrogen and oxygen atoms in total. The predicted octanol–water partition coefficient (Wildman–Crippen LogP) is 2.12. The molecule has 0 radical (unpaired) electrons. The summed E-state index contributed by atoms with van der Waals surface area (Å²) in [6, 6.07) is 5.12. The standard InChI is InChI=1S/C11H11F2NO2S/c1-2-3-8-14-9-4-6-10(7-5-9)17(15,16)11(12)13/h1,4-7,11,14H,3,8H2. The lowest BCUT2D eigenvalue weighted by Gasteiger charge is -2.06. The van der Waals surface area contributed by atoms with Crippen LogP contribution in [0.3, 0.4) is 0 Å². The van der Waals surface area contributed by atoms with E-state index < -0.39 is 20.5 Å². The van der Waals surface area contributed by atoms with Crippen molar-refractivity contribution in [1.29, 1.82) is 0 Å². The topological polar surface area (TPSA) is 46.2 Å². The Morgan fingerprint density at radius 1 is 1.29 bits per heavy atom. The Bertz CT molecular complexity index is 503. The van der Waals surface area contributed by atoms with E-state index in [-0.39, 0.29) is 0 Å². The molecule has 0 spiro atoms. The Kier molecular flexibility index (Phi) is 4.46. The number of sulfone groups is 1. The van der Waals surface area contributed by atoms with Crippen LogP contribution in [0.4, 0.5) is 14.5 Å². The van der Waals surface area contributed by atoms with Gasteiger partial charge in [0, 0.05) is 18.7 Å². The average molecular weight is 259 g/mol. The summed E-state index contributed by atoms with van der Waals surface area (Å²) in [5.41, 5.74) is 0.633. The lowest BCUT2D eigenvalue weighted by atomic mass is 10.3. The number of hydrogen-bond acceptors (Lipinski definition) is 3. The van der Waals surface area contributed by atoms with Crippen LogP contribution in [0.1, 0.15) is 6.42 Å². The third kappa shape index (κ3) is 3.43. The fourth-order valence-electron chi connectivity index (χ4n) is 1.14. The molecule has 0 aromatic heterocycles. The van der Waals surface area contributed by atoms with Gasteiger partial charge in [0.15, 0.2) is 0 Å². The summed E-state index contributed by atoms with van der Waals surface area (Å²) in [6.45, 7) is 0.539. The van der Waals surface area contributed by atoms with Crippen LogP contribution in [-0.2, 0) is 9.84 Å². The molecule has 17 heavy (non-hydrogen) atoms. The summed E-state index contributed by atoms with van der Waals surface area (Å²) in [4.78, 5) is -0.394. The Morgan fingerprint density at radius 3 is 2.35 bits per heavy atom. The zero-order chi connectivity index (χ0) is 12.9. The molecule has 92 valence electrons. The van der Waals surface area contributed by atoms with E-state index in [9.17, 15) is 17.2 Å². The molecule has 0 fully saturated rings. The van der Waals surface area contributed by atoms with Crippen molar-refractivity contribution < 1.29 is 17.2 Å². The lowest BCUT2D eigenvalue weighted by Crippen LogP contribution is -2.11. The van der Waals surface area contributed by atoms with Crippen molar-refractivity contribution in [3.8, 4) is 12.3 Å². The van der Waals surface area contributed by atoms with Crippen molar-refractivity contribution in [1.82, 2.24) is 0 Å². The number of rotatable bonds is 5. The van der Waals surface area contributed by atoms with Crippen LogP contribution in [0.25, 0.3) is 0 Å². The largest absolute Gasteiger partial charge is 0.384 e. The molecule has 0 aliphatic rings. The number of terminal acetylenes is 1. The molecule has 1 aromatic carbocycles. The smallest absolute Gasteiger partial charge is 0.341 e. The van der Waals surface area contributed by atoms with Gasteiger partial charge in [-0.05, 0) is 24.3 Å². The van der Waals surface area contributed by atoms with Gasteiger partial charge in [-0.1, -0.05) is 0 Å². The first kappa shape index (κ1) is 13.5. The molecule has 0 aliphatic carbocycles. The Labute approximate surface area is 98.8 Å². The highest BCUT2D eigenvalue weighted by Crippen LogP contribution is 2.20. The molecule has 0 amide bonds. The third-order valence-electron chi connectivity index (χ3n) is 2.02. The molecule has 0 heterocycles. The van der Waals surface area contributed by atoms with Crippen molar-refractivity contribution in [2.45, 2.75) is 17.1 Å². The van der Waals surface area contributed by atoms with Gasteiger partial charge in [0.1, 0.15) is 0 Å². The van der Waals surface area contributed by atoms with Gasteiger partial charge in [0.2, 0.25) is 9.84 Å². The van der Waals surface area contributed by atoms with Crippen LogP contribution in [0, 0.1) is 12.3 Å². The molecule has 0 atom stereocenters. The molecular weight excluding hydrogens is 248 g/mol. The average Bonchev–Trinajstić information content (AvgIpc) is 2.30. The zero-order valence-electron chi connectivity index (χ0n) is 8.86. The second kappa shape index (κ2) is 5.64. The van der Waals surface area contributed by atoms with Gasteiger partial charge >= 0.3 is 5.76 Å². The van der Waals surface area contributed by atoms with E-state index in [1.54, 1.807) is 0 Å². The first-order valence-electron chi connectivity index (χ1n) is 4.78. The molecule has 0 bridgehead atoms. The van der Waals surface area contributed by atoms with Crippen molar-refractivity contribution in [3.63, 3.8) is 0 Å². The summed E-state index contributed by atoms with van der Waals surface area (Å²) >= 11 is 0. The Balaban J connectivity index is 2.79. The molecule has 1 N–H and O–H groups in total. The van der Waals surface area contributed by atoms with Crippen LogP contribution < -0.4 is 5.32 Å². The highest BCUT2D eigenvalue weighted by atomic mass is 32.2. The number of nitrogens with one attached hydrogen (secondary N) is 1. The summed E-state index contributed by atoms with van der Waals surface area (Å²) in [5.74, 6) is -0.969. The summed E-state index contributed by atoms with van der Waals surface area (Å²) in [5, 5.41) is 2.93. The van der Waals surface area contributed by atoms with Gasteiger partial charge in [-0.2, -0.15) is 8.78 Å². The normalized spacial score (nSPS) is 11.2. The Hall–Kier alpha value is -1.61. The predicted molar refractivity (Wildman–Crippen MR) is 61.6 cm³/mol. The Morgan fingerprint density at radius 2 is 1.88 bits per heavy atom. The molecule has 0 aliphatic heterocycles. The number of alkyl halides is 2. The van der Waals surface area contributed by atoms with Crippen LogP contribution >= 0.6 is 0 Å². The fourth-order valence-corrected chi connectivity index (χ4v) is 1.87. The molecule has 0 unspecified atom stereocenters. The van der Waals surface area contributed by atoms with Crippen molar-refractivity contribution in [3.05, 3.63) is 24.3 Å². The minimum absolute atomic E-state index is 0.394. The highest BCUT2D eigenvalue weighted by molar-refractivity contribution is 7.91. The van der Waals surface area contributed by atoms with Gasteiger partial charge in [0.05, 0.1) is 4.90 Å². The maximum absolute atomic E-state index is 12.2. The number of hydrogen-bond donors (Lipinski definition) is 1. The maximum Gasteiger partial charge on any atom is 0.341 e. The number of benzene rings is 1. The van der Waals surface area contributed by atoms with Gasteiger partial charge in [-0.15, -0.1) is 12.3 Å². The molecule has 1 aromatic rings. The van der Waals surface area contributed by atoms with E-state index in [4.69, 9.17) is 6.42 Å². The maximum atomic E-state index is 12.2. The van der Waals surface area contributed by atoms with E-state index in [2.05, 4.69) is 11.2 Å². The molecule has 0 saturated carbocycles. The first-order chi connectivity index (χ1) is 7.98. The highest BCUT2D eigenvalue weighted by Gasteiger charge is 2.26. The molecule has 0 saturated heterocycles. The summed E-state index contributed by atoms with van der Waals surface area (Å²) in [6.07, 6.45) is 5.58. The monoisotopic (exact) mass is 259 g/mol. The van der Waals surface area contributed by atoms with Crippen molar-refractivity contribution in [2.24, 2.45) is 0 Å². The SMILES string of the molecule is C#CCCNc1ccc(S(=O)(=O)C(F)F)cc1. The molecular formula is C11H11F2NO2S. The van der Waals surface area contributed by atoms with E-state index in [1.165, 1.54) is 12.1 Å². The van der Waals surface area contributed by atoms with Crippen LogP contribution in [0.15, 0.2) is 29.2 Å². The minimum Gasteiger partial charge on any atom is -0.384 e. The van der Waals surface area contributed by atoms with E-state index >= 15 is 0 Å². The zero-order valence-corrected chi connectivity index (χ0v) is 9.68. The van der Waals surface area contributed by atoms with Crippen LogP contribution in [0.2, 0.25) is 0 Å². The van der Waals surface area contributed by atoms with Gasteiger partial charge in [-0.3, -0.25) is 0 Å². The number of halogens is 2. The van der Waals surface area contributed by atoms with E-state index in [1.807, 2.05) is 0 Å². The fraction of sp³-hybridized carbons (Fsp3) is 0.273. The first-order valence-corrected chi connectivity index (χ1v) is 6.32. The van der Waals surface area contributed by atoms with Gasteiger partial charge in [0.25, 0.3) is 0 Å². The number of anilines is 1. The van der Waals surface area contributed by atoms with Crippen LogP contribution in [0.5, 0.6) is 0 Å². The lowest BCUT2D eigenvalue weighted by molar-refractivity contribution is 0.234. The van der Waals surface area contributed by atoms with Gasteiger partial charge in [-0.25, -0.2) is 8.42 Å². The van der Waals surface area contributed by atoms with E-state index in [0.29, 0.717) is 18.7 Å². The van der Waals surface area contributed by atoms with Crippen LogP contribution in [-0.4, -0.2) is 20.7 Å². The van der Waals surface area contributed by atoms with Crippen molar-refractivity contribution >= 4 is 15.5 Å². The second-order valence-corrected chi connectivity index (χ2v) is 5.13. The summed E-state index contributed by atoms with van der Waals surface area (Å²) < 4.78 is 46.7. The minimum atomic E-state index is -4.51. The van der Waals surface area contributed by atoms with Gasteiger partial charge < -0.3 is 5.32 Å². The summed E-state index contributed by atoms with van der Waals surface area (Å²) in [7, 11) is -4.51. The van der Waals surface area contributed by atoms with E-state index in [0.717, 1.165) is 12.1 Å². The molecule has 6 heteroatoms. The van der Waals surface area contributed by atoms with Crippen molar-refractivity contribution in [2.75, 3.05) is 11.9 Å². The quantitative estimate of drug-likeness (QED) is 0.650. The third-order valence-corrected chi connectivity index (χ3v) is 3.41. The molecule has 1 rings (SSSR count).